The molecule has 3 unspecified atom stereocenters. The van der Waals surface area contributed by atoms with E-state index in [0.717, 1.165) is 25.2 Å². The summed E-state index contributed by atoms with van der Waals surface area (Å²) in [5.41, 5.74) is 6.04. The van der Waals surface area contributed by atoms with E-state index in [0.29, 0.717) is 23.9 Å². The largest absolute Gasteiger partial charge is 0.353 e. The molecule has 3 heteroatoms. The minimum atomic E-state index is 0.207. The van der Waals surface area contributed by atoms with Crippen LogP contribution in [0.4, 0.5) is 0 Å². The number of amides is 1. The molecule has 20 heavy (non-hydrogen) atoms. The molecular formula is C17H32N2O. The highest BCUT2D eigenvalue weighted by Crippen LogP contribution is 2.30. The van der Waals surface area contributed by atoms with Gasteiger partial charge in [-0.2, -0.15) is 0 Å². The lowest BCUT2D eigenvalue weighted by Gasteiger charge is -2.34. The Balaban J connectivity index is 1.72. The minimum absolute atomic E-state index is 0.207. The second-order valence-electron chi connectivity index (χ2n) is 7.17. The lowest BCUT2D eigenvalue weighted by atomic mass is 9.78. The standard InChI is InChI=1S/C17H32N2O/c1-3-4-13-5-8-15(9-6-13)19-17(20)14-7-10-16(18)12(2)11-14/h12-16H,3-11,18H2,1-2H3,(H,19,20). The molecule has 2 rings (SSSR count). The van der Waals surface area contributed by atoms with Gasteiger partial charge in [0.1, 0.15) is 0 Å². The third-order valence-corrected chi connectivity index (χ3v) is 5.50. The quantitative estimate of drug-likeness (QED) is 0.830. The Labute approximate surface area is 124 Å². The molecule has 0 spiro atoms. The van der Waals surface area contributed by atoms with Gasteiger partial charge in [-0.05, 0) is 56.8 Å². The Kier molecular flexibility index (Phi) is 5.88. The summed E-state index contributed by atoms with van der Waals surface area (Å²) in [6, 6.07) is 0.727. The van der Waals surface area contributed by atoms with Gasteiger partial charge in [0.05, 0.1) is 0 Å². The number of carbonyl (C=O) groups is 1. The minimum Gasteiger partial charge on any atom is -0.353 e. The van der Waals surface area contributed by atoms with Crippen molar-refractivity contribution in [3.8, 4) is 0 Å². The van der Waals surface area contributed by atoms with Gasteiger partial charge in [0.2, 0.25) is 5.91 Å². The molecule has 116 valence electrons. The van der Waals surface area contributed by atoms with Gasteiger partial charge in [0.25, 0.3) is 0 Å². The van der Waals surface area contributed by atoms with Crippen LogP contribution in [0.25, 0.3) is 0 Å². The van der Waals surface area contributed by atoms with Crippen molar-refractivity contribution in [2.24, 2.45) is 23.5 Å². The van der Waals surface area contributed by atoms with Crippen molar-refractivity contribution in [3.63, 3.8) is 0 Å². The fourth-order valence-electron chi connectivity index (χ4n) is 3.98. The summed E-state index contributed by atoms with van der Waals surface area (Å²) >= 11 is 0. The van der Waals surface area contributed by atoms with Crippen LogP contribution in [0, 0.1) is 17.8 Å². The van der Waals surface area contributed by atoms with Crippen molar-refractivity contribution in [2.75, 3.05) is 0 Å². The third-order valence-electron chi connectivity index (χ3n) is 5.50. The van der Waals surface area contributed by atoms with Crippen LogP contribution in [0.5, 0.6) is 0 Å². The van der Waals surface area contributed by atoms with Crippen molar-refractivity contribution in [1.29, 1.82) is 0 Å². The predicted molar refractivity (Wildman–Crippen MR) is 83.3 cm³/mol. The maximum absolute atomic E-state index is 12.4. The van der Waals surface area contributed by atoms with Crippen LogP contribution in [0.3, 0.4) is 0 Å². The second kappa shape index (κ2) is 7.44. The van der Waals surface area contributed by atoms with Gasteiger partial charge < -0.3 is 11.1 Å². The van der Waals surface area contributed by atoms with Crippen molar-refractivity contribution >= 4 is 5.91 Å². The zero-order valence-electron chi connectivity index (χ0n) is 13.2. The average molecular weight is 280 g/mol. The molecule has 0 aromatic heterocycles. The van der Waals surface area contributed by atoms with E-state index in [-0.39, 0.29) is 5.92 Å². The first-order valence-corrected chi connectivity index (χ1v) is 8.66. The van der Waals surface area contributed by atoms with E-state index in [2.05, 4.69) is 19.2 Å². The van der Waals surface area contributed by atoms with E-state index < -0.39 is 0 Å². The van der Waals surface area contributed by atoms with Crippen molar-refractivity contribution in [3.05, 3.63) is 0 Å². The fourth-order valence-corrected chi connectivity index (χ4v) is 3.98. The average Bonchev–Trinajstić information content (AvgIpc) is 2.44. The molecule has 0 aromatic rings. The van der Waals surface area contributed by atoms with E-state index in [1.54, 1.807) is 0 Å². The predicted octanol–water partition coefficient (Wildman–Crippen LogP) is 3.23. The molecule has 2 saturated carbocycles. The van der Waals surface area contributed by atoms with Gasteiger partial charge in [0, 0.05) is 18.0 Å². The Morgan fingerprint density at radius 3 is 2.45 bits per heavy atom. The molecule has 2 aliphatic carbocycles. The first kappa shape index (κ1) is 15.8. The molecular weight excluding hydrogens is 248 g/mol. The highest BCUT2D eigenvalue weighted by molar-refractivity contribution is 5.79. The number of nitrogens with two attached hydrogens (primary N) is 1. The first-order chi connectivity index (χ1) is 9.60. The number of rotatable bonds is 4. The van der Waals surface area contributed by atoms with Crippen molar-refractivity contribution in [1.82, 2.24) is 5.32 Å². The van der Waals surface area contributed by atoms with E-state index in [4.69, 9.17) is 5.73 Å². The van der Waals surface area contributed by atoms with Gasteiger partial charge in [-0.25, -0.2) is 0 Å². The second-order valence-corrected chi connectivity index (χ2v) is 7.17. The van der Waals surface area contributed by atoms with Crippen LogP contribution in [0.1, 0.15) is 71.6 Å². The molecule has 2 aliphatic rings. The molecule has 0 saturated heterocycles. The van der Waals surface area contributed by atoms with Crippen LogP contribution in [0.15, 0.2) is 0 Å². The summed E-state index contributed by atoms with van der Waals surface area (Å²) in [6.07, 6.45) is 10.6. The Bertz CT molecular complexity index is 310. The number of nitrogens with one attached hydrogen (secondary N) is 1. The van der Waals surface area contributed by atoms with Gasteiger partial charge >= 0.3 is 0 Å². The summed E-state index contributed by atoms with van der Waals surface area (Å²) < 4.78 is 0. The number of hydrogen-bond donors (Lipinski definition) is 2. The number of hydrogen-bond acceptors (Lipinski definition) is 2. The van der Waals surface area contributed by atoms with Crippen LogP contribution < -0.4 is 11.1 Å². The Morgan fingerprint density at radius 1 is 1.15 bits per heavy atom. The van der Waals surface area contributed by atoms with Crippen LogP contribution >= 0.6 is 0 Å². The van der Waals surface area contributed by atoms with Gasteiger partial charge in [-0.1, -0.05) is 26.7 Å². The summed E-state index contributed by atoms with van der Waals surface area (Å²) in [7, 11) is 0. The lowest BCUT2D eigenvalue weighted by Crippen LogP contribution is -2.44. The van der Waals surface area contributed by atoms with Crippen LogP contribution in [-0.2, 0) is 4.79 Å². The Morgan fingerprint density at radius 2 is 1.85 bits per heavy atom. The summed E-state index contributed by atoms with van der Waals surface area (Å²) in [5.74, 6) is 1.89. The van der Waals surface area contributed by atoms with E-state index in [1.807, 2.05) is 0 Å². The topological polar surface area (TPSA) is 55.1 Å². The zero-order chi connectivity index (χ0) is 14.5. The molecule has 3 nitrogen and oxygen atoms in total. The Hall–Kier alpha value is -0.570. The van der Waals surface area contributed by atoms with E-state index >= 15 is 0 Å². The maximum Gasteiger partial charge on any atom is 0.223 e. The van der Waals surface area contributed by atoms with E-state index in [9.17, 15) is 4.79 Å². The third kappa shape index (κ3) is 4.21. The molecule has 3 N–H and O–H groups in total. The smallest absolute Gasteiger partial charge is 0.223 e. The number of carbonyl (C=O) groups excluding carboxylic acids is 1. The monoisotopic (exact) mass is 280 g/mol. The van der Waals surface area contributed by atoms with Crippen molar-refractivity contribution < 1.29 is 4.79 Å². The molecule has 3 atom stereocenters. The summed E-state index contributed by atoms with van der Waals surface area (Å²) in [6.45, 7) is 4.45. The first-order valence-electron chi connectivity index (χ1n) is 8.66. The lowest BCUT2D eigenvalue weighted by molar-refractivity contribution is -0.127. The molecule has 0 heterocycles. The molecule has 0 radical (unpaired) electrons. The molecule has 2 fully saturated rings. The van der Waals surface area contributed by atoms with Crippen LogP contribution in [-0.4, -0.2) is 18.0 Å². The summed E-state index contributed by atoms with van der Waals surface area (Å²) in [5, 5.41) is 3.31. The fraction of sp³-hybridized carbons (Fsp3) is 0.941. The van der Waals surface area contributed by atoms with Gasteiger partial charge in [0.15, 0.2) is 0 Å². The maximum atomic E-state index is 12.4. The molecule has 0 aromatic carbocycles. The normalized spacial score (nSPS) is 38.5. The zero-order valence-corrected chi connectivity index (χ0v) is 13.2. The van der Waals surface area contributed by atoms with Crippen LogP contribution in [0.2, 0.25) is 0 Å². The van der Waals surface area contributed by atoms with E-state index in [1.165, 1.54) is 38.5 Å². The van der Waals surface area contributed by atoms with Gasteiger partial charge in [-0.3, -0.25) is 4.79 Å². The highest BCUT2D eigenvalue weighted by atomic mass is 16.1. The van der Waals surface area contributed by atoms with Crippen molar-refractivity contribution in [2.45, 2.75) is 83.7 Å². The molecule has 1 amide bonds. The summed E-state index contributed by atoms with van der Waals surface area (Å²) in [4.78, 5) is 12.4. The SMILES string of the molecule is CCCC1CCC(NC(=O)C2CCC(N)C(C)C2)CC1. The highest BCUT2D eigenvalue weighted by Gasteiger charge is 2.31. The molecule has 0 aliphatic heterocycles. The van der Waals surface area contributed by atoms with Gasteiger partial charge in [-0.15, -0.1) is 0 Å². The molecule has 0 bridgehead atoms.